The summed E-state index contributed by atoms with van der Waals surface area (Å²) in [4.78, 5) is 31.9. The van der Waals surface area contributed by atoms with E-state index in [9.17, 15) is 9.59 Å². The molecule has 0 spiro atoms. The molecule has 1 aliphatic rings. The average Bonchev–Trinajstić information content (AvgIpc) is 2.78. The highest BCUT2D eigenvalue weighted by Gasteiger charge is 2.33. The highest BCUT2D eigenvalue weighted by atomic mass is 16.2. The van der Waals surface area contributed by atoms with E-state index in [1.54, 1.807) is 12.4 Å². The average molecular weight is 399 g/mol. The van der Waals surface area contributed by atoms with Crippen LogP contribution in [0.3, 0.4) is 0 Å². The number of nitrogens with zero attached hydrogens (tertiary/aromatic N) is 2. The lowest BCUT2D eigenvalue weighted by Gasteiger charge is -2.31. The molecular weight excluding hydrogens is 374 g/mol. The van der Waals surface area contributed by atoms with Crippen LogP contribution >= 0.6 is 0 Å². The number of anilines is 1. The van der Waals surface area contributed by atoms with Crippen LogP contribution in [0.1, 0.15) is 41.5 Å². The van der Waals surface area contributed by atoms with E-state index < -0.39 is 5.92 Å². The van der Waals surface area contributed by atoms with Crippen LogP contribution < -0.4 is 5.32 Å². The molecule has 2 aromatic carbocycles. The number of benzene rings is 2. The van der Waals surface area contributed by atoms with Gasteiger partial charge in [0, 0.05) is 37.6 Å². The van der Waals surface area contributed by atoms with Gasteiger partial charge in [-0.1, -0.05) is 55.5 Å². The van der Waals surface area contributed by atoms with E-state index in [2.05, 4.69) is 41.5 Å². The lowest BCUT2D eigenvalue weighted by Crippen LogP contribution is -2.38. The van der Waals surface area contributed by atoms with Gasteiger partial charge in [-0.3, -0.25) is 14.6 Å². The van der Waals surface area contributed by atoms with Crippen LogP contribution in [0, 0.1) is 0 Å². The van der Waals surface area contributed by atoms with Gasteiger partial charge in [-0.15, -0.1) is 0 Å². The van der Waals surface area contributed by atoms with Crippen molar-refractivity contribution in [3.63, 3.8) is 0 Å². The maximum absolute atomic E-state index is 13.7. The van der Waals surface area contributed by atoms with Crippen LogP contribution in [-0.2, 0) is 29.1 Å². The zero-order valence-corrected chi connectivity index (χ0v) is 17.0. The molecule has 0 bridgehead atoms. The summed E-state index contributed by atoms with van der Waals surface area (Å²) >= 11 is 0. The number of carbonyl (C=O) groups excluding carboxylic acids is 2. The van der Waals surface area contributed by atoms with Crippen LogP contribution in [0.25, 0.3) is 0 Å². The molecule has 30 heavy (non-hydrogen) atoms. The Morgan fingerprint density at radius 1 is 1.00 bits per heavy atom. The third-order valence-electron chi connectivity index (χ3n) is 5.51. The first-order valence-corrected chi connectivity index (χ1v) is 10.3. The third kappa shape index (κ3) is 4.40. The van der Waals surface area contributed by atoms with E-state index in [1.807, 2.05) is 41.3 Å². The van der Waals surface area contributed by atoms with Crippen LogP contribution in [0.15, 0.2) is 73.1 Å². The summed E-state index contributed by atoms with van der Waals surface area (Å²) in [6, 6.07) is 19.7. The number of nitrogens with one attached hydrogen (secondary N) is 1. The highest BCUT2D eigenvalue weighted by Crippen LogP contribution is 2.34. The zero-order chi connectivity index (χ0) is 20.9. The fourth-order valence-electron chi connectivity index (χ4n) is 3.88. The fraction of sp³-hybridized carbons (Fsp3) is 0.240. The van der Waals surface area contributed by atoms with Gasteiger partial charge in [-0.2, -0.15) is 0 Å². The Morgan fingerprint density at radius 3 is 2.47 bits per heavy atom. The molecule has 1 aromatic heterocycles. The second kappa shape index (κ2) is 8.91. The van der Waals surface area contributed by atoms with E-state index in [0.29, 0.717) is 13.1 Å². The Labute approximate surface area is 176 Å². The molecule has 0 aliphatic carbocycles. The van der Waals surface area contributed by atoms with E-state index in [1.165, 1.54) is 5.56 Å². The second-order valence-corrected chi connectivity index (χ2v) is 7.62. The summed E-state index contributed by atoms with van der Waals surface area (Å²) < 4.78 is 0. The predicted molar refractivity (Wildman–Crippen MR) is 117 cm³/mol. The summed E-state index contributed by atoms with van der Waals surface area (Å²) in [5.41, 5.74) is 4.89. The Hall–Kier alpha value is -3.47. The number of hydrogen-bond donors (Lipinski definition) is 1. The molecule has 5 heteroatoms. The minimum absolute atomic E-state index is 0.0410. The smallest absolute Gasteiger partial charge is 0.231 e. The fourth-order valence-corrected chi connectivity index (χ4v) is 3.88. The number of hydrogen-bond acceptors (Lipinski definition) is 3. The number of para-hydroxylation sites is 1. The maximum Gasteiger partial charge on any atom is 0.231 e. The van der Waals surface area contributed by atoms with Gasteiger partial charge in [-0.25, -0.2) is 0 Å². The summed E-state index contributed by atoms with van der Waals surface area (Å²) in [5.74, 6) is -0.650. The van der Waals surface area contributed by atoms with Crippen molar-refractivity contribution in [2.75, 3.05) is 5.32 Å². The molecule has 0 fully saturated rings. The Bertz CT molecular complexity index is 1030. The van der Waals surface area contributed by atoms with Crippen LogP contribution in [0.5, 0.6) is 0 Å². The topological polar surface area (TPSA) is 62.3 Å². The van der Waals surface area contributed by atoms with Crippen molar-refractivity contribution in [1.82, 2.24) is 9.88 Å². The van der Waals surface area contributed by atoms with Crippen molar-refractivity contribution in [3.8, 4) is 0 Å². The molecule has 1 aliphatic heterocycles. The van der Waals surface area contributed by atoms with Gasteiger partial charge in [-0.05, 0) is 40.8 Å². The van der Waals surface area contributed by atoms with Crippen molar-refractivity contribution < 1.29 is 9.59 Å². The monoisotopic (exact) mass is 399 g/mol. The Balaban J connectivity index is 1.64. The van der Waals surface area contributed by atoms with E-state index in [0.717, 1.165) is 28.8 Å². The predicted octanol–water partition coefficient (Wildman–Crippen LogP) is 4.30. The quantitative estimate of drug-likeness (QED) is 0.672. The standard InChI is InChI=1S/C25H25N3O2/c1-2-18-9-11-19(12-10-18)16-28(17-20-6-5-13-26-15-20)25(30)22-14-24(29)27-23-8-4-3-7-21(22)23/h3-13,15,22H,2,14,16-17H2,1H3,(H,27,29)/t22-/m1/s1. The summed E-state index contributed by atoms with van der Waals surface area (Å²) in [5, 5.41) is 2.88. The molecule has 5 nitrogen and oxygen atoms in total. The molecule has 1 atom stereocenters. The first kappa shape index (κ1) is 19.8. The number of fused-ring (bicyclic) bond motifs is 1. The second-order valence-electron chi connectivity index (χ2n) is 7.62. The van der Waals surface area contributed by atoms with Gasteiger partial charge in [0.1, 0.15) is 0 Å². The lowest BCUT2D eigenvalue weighted by molar-refractivity contribution is -0.136. The van der Waals surface area contributed by atoms with Crippen molar-refractivity contribution in [2.45, 2.75) is 38.8 Å². The largest absolute Gasteiger partial charge is 0.333 e. The normalized spacial score (nSPS) is 15.2. The SMILES string of the molecule is CCc1ccc(CN(Cc2cccnc2)C(=O)[C@@H]2CC(=O)Nc3ccccc32)cc1. The molecule has 3 aromatic rings. The molecule has 0 radical (unpaired) electrons. The molecule has 0 unspecified atom stereocenters. The number of pyridine rings is 1. The van der Waals surface area contributed by atoms with E-state index >= 15 is 0 Å². The van der Waals surface area contributed by atoms with Gasteiger partial charge >= 0.3 is 0 Å². The lowest BCUT2D eigenvalue weighted by atomic mass is 9.89. The van der Waals surface area contributed by atoms with Crippen LogP contribution in [-0.4, -0.2) is 21.7 Å². The Kier molecular flexibility index (Phi) is 5.89. The van der Waals surface area contributed by atoms with E-state index in [4.69, 9.17) is 0 Å². The van der Waals surface area contributed by atoms with Gasteiger partial charge < -0.3 is 10.2 Å². The minimum atomic E-state index is -0.485. The molecule has 2 heterocycles. The Morgan fingerprint density at radius 2 is 1.73 bits per heavy atom. The molecule has 2 amide bonds. The number of rotatable bonds is 6. The van der Waals surface area contributed by atoms with Crippen LogP contribution in [0.4, 0.5) is 5.69 Å². The summed E-state index contributed by atoms with van der Waals surface area (Å²) in [6.45, 7) is 3.05. The molecule has 4 rings (SSSR count). The van der Waals surface area contributed by atoms with Crippen LogP contribution in [0.2, 0.25) is 0 Å². The zero-order valence-electron chi connectivity index (χ0n) is 17.0. The summed E-state index contributed by atoms with van der Waals surface area (Å²) in [6.07, 6.45) is 4.64. The molecule has 0 saturated carbocycles. The highest BCUT2D eigenvalue weighted by molar-refractivity contribution is 6.01. The molecule has 1 N–H and O–H groups in total. The van der Waals surface area contributed by atoms with Gasteiger partial charge in [0.2, 0.25) is 11.8 Å². The summed E-state index contributed by atoms with van der Waals surface area (Å²) in [7, 11) is 0. The van der Waals surface area contributed by atoms with Gasteiger partial charge in [0.15, 0.2) is 0 Å². The number of amides is 2. The van der Waals surface area contributed by atoms with Crippen molar-refractivity contribution in [2.24, 2.45) is 0 Å². The first-order valence-electron chi connectivity index (χ1n) is 10.3. The number of aryl methyl sites for hydroxylation is 1. The molecule has 152 valence electrons. The van der Waals surface area contributed by atoms with Gasteiger partial charge in [0.25, 0.3) is 0 Å². The third-order valence-corrected chi connectivity index (χ3v) is 5.51. The first-order chi connectivity index (χ1) is 14.6. The van der Waals surface area contributed by atoms with Crippen molar-refractivity contribution >= 4 is 17.5 Å². The van der Waals surface area contributed by atoms with Crippen molar-refractivity contribution in [3.05, 3.63) is 95.3 Å². The maximum atomic E-state index is 13.7. The minimum Gasteiger partial charge on any atom is -0.333 e. The molecular formula is C25H25N3O2. The van der Waals surface area contributed by atoms with Crippen molar-refractivity contribution in [1.29, 1.82) is 0 Å². The van der Waals surface area contributed by atoms with E-state index in [-0.39, 0.29) is 18.2 Å². The molecule has 0 saturated heterocycles. The van der Waals surface area contributed by atoms with Gasteiger partial charge in [0.05, 0.1) is 5.92 Å². The number of carbonyl (C=O) groups is 2. The number of aromatic nitrogens is 1.